The molecule has 0 aliphatic carbocycles. The first-order chi connectivity index (χ1) is 11.7. The molecule has 0 bridgehead atoms. The Balaban J connectivity index is 2.19. The highest BCUT2D eigenvalue weighted by molar-refractivity contribution is 7.98. The number of fused-ring (bicyclic) bond motifs is 2. The average Bonchev–Trinajstić information content (AvgIpc) is 2.75. The fourth-order valence-electron chi connectivity index (χ4n) is 3.96. The molecule has 0 N–H and O–H groups in total. The fourth-order valence-corrected chi connectivity index (χ4v) is 5.09. The van der Waals surface area contributed by atoms with Crippen molar-refractivity contribution < 1.29 is 8.78 Å². The predicted molar refractivity (Wildman–Crippen MR) is 97.5 cm³/mol. The van der Waals surface area contributed by atoms with E-state index in [-0.39, 0.29) is 5.92 Å². The SMILES string of the molecule is CCCC(CCC)[C@@H]1c2ccccc2SCc2c1ccc(F)c2F. The number of rotatable bonds is 5. The van der Waals surface area contributed by atoms with Gasteiger partial charge in [0.25, 0.3) is 0 Å². The molecule has 1 atom stereocenters. The Bertz CT molecular complexity index is 705. The monoisotopic (exact) mass is 346 g/mol. The molecule has 0 saturated carbocycles. The first kappa shape index (κ1) is 17.5. The van der Waals surface area contributed by atoms with E-state index in [1.54, 1.807) is 11.8 Å². The number of benzene rings is 2. The van der Waals surface area contributed by atoms with Crippen molar-refractivity contribution in [3.63, 3.8) is 0 Å². The van der Waals surface area contributed by atoms with Crippen LogP contribution in [0.3, 0.4) is 0 Å². The van der Waals surface area contributed by atoms with Crippen LogP contribution in [0.4, 0.5) is 8.78 Å². The number of hydrogen-bond acceptors (Lipinski definition) is 1. The molecule has 2 aromatic carbocycles. The van der Waals surface area contributed by atoms with E-state index in [9.17, 15) is 8.78 Å². The van der Waals surface area contributed by atoms with E-state index in [1.165, 1.54) is 16.5 Å². The van der Waals surface area contributed by atoms with Crippen LogP contribution in [-0.2, 0) is 5.75 Å². The Morgan fingerprint density at radius 2 is 1.71 bits per heavy atom. The third-order valence-corrected chi connectivity index (χ3v) is 6.10. The second-order valence-electron chi connectivity index (χ2n) is 6.57. The summed E-state index contributed by atoms with van der Waals surface area (Å²) in [5, 5.41) is 0. The van der Waals surface area contributed by atoms with Crippen LogP contribution in [-0.4, -0.2) is 0 Å². The highest BCUT2D eigenvalue weighted by Gasteiger charge is 2.31. The molecule has 0 spiro atoms. The highest BCUT2D eigenvalue weighted by Crippen LogP contribution is 2.47. The van der Waals surface area contributed by atoms with Crippen LogP contribution in [0.5, 0.6) is 0 Å². The van der Waals surface area contributed by atoms with Crippen LogP contribution in [0.1, 0.15) is 62.1 Å². The molecule has 0 unspecified atom stereocenters. The summed E-state index contributed by atoms with van der Waals surface area (Å²) < 4.78 is 28.3. The lowest BCUT2D eigenvalue weighted by Crippen LogP contribution is -2.17. The number of halogens is 2. The molecular weight excluding hydrogens is 322 g/mol. The summed E-state index contributed by atoms with van der Waals surface area (Å²) in [6.45, 7) is 4.40. The van der Waals surface area contributed by atoms with Gasteiger partial charge in [-0.1, -0.05) is 51.0 Å². The van der Waals surface area contributed by atoms with Gasteiger partial charge >= 0.3 is 0 Å². The van der Waals surface area contributed by atoms with Gasteiger partial charge in [-0.25, -0.2) is 8.78 Å². The molecular formula is C21H24F2S. The lowest BCUT2D eigenvalue weighted by atomic mass is 9.75. The van der Waals surface area contributed by atoms with Gasteiger partial charge in [0.05, 0.1) is 0 Å². The summed E-state index contributed by atoms with van der Waals surface area (Å²) in [6, 6.07) is 11.5. The van der Waals surface area contributed by atoms with Gasteiger partial charge in [-0.3, -0.25) is 0 Å². The van der Waals surface area contributed by atoms with Crippen molar-refractivity contribution in [2.45, 2.75) is 56.1 Å². The second kappa shape index (κ2) is 7.69. The molecule has 0 aromatic heterocycles. The van der Waals surface area contributed by atoms with Gasteiger partial charge < -0.3 is 0 Å². The van der Waals surface area contributed by atoms with E-state index in [0.29, 0.717) is 17.2 Å². The lowest BCUT2D eigenvalue weighted by Gasteiger charge is -2.29. The predicted octanol–water partition coefficient (Wildman–Crippen LogP) is 6.92. The maximum Gasteiger partial charge on any atom is 0.163 e. The standard InChI is InChI=1S/C21H24F2S/c1-3-7-14(8-4-2)20-15-11-12-18(22)21(23)17(15)13-24-19-10-6-5-9-16(19)20/h5-6,9-12,14,20H,3-4,7-8,13H2,1-2H3/t20-/m0/s1. The van der Waals surface area contributed by atoms with Crippen LogP contribution < -0.4 is 0 Å². The first-order valence-corrected chi connectivity index (χ1v) is 9.84. The minimum absolute atomic E-state index is 0.154. The minimum atomic E-state index is -0.735. The average molecular weight is 346 g/mol. The maximum absolute atomic E-state index is 14.5. The third kappa shape index (κ3) is 3.23. The van der Waals surface area contributed by atoms with E-state index >= 15 is 0 Å². The second-order valence-corrected chi connectivity index (χ2v) is 7.59. The summed E-state index contributed by atoms with van der Waals surface area (Å²) >= 11 is 1.63. The quantitative estimate of drug-likeness (QED) is 0.566. The van der Waals surface area contributed by atoms with Crippen LogP contribution in [0.2, 0.25) is 0 Å². The normalized spacial score (nSPS) is 16.6. The molecule has 2 aromatic rings. The molecule has 1 heterocycles. The molecule has 0 fully saturated rings. The van der Waals surface area contributed by atoms with Gasteiger partial charge in [0.15, 0.2) is 11.6 Å². The summed E-state index contributed by atoms with van der Waals surface area (Å²) in [4.78, 5) is 1.20. The van der Waals surface area contributed by atoms with Crippen molar-refractivity contribution in [1.29, 1.82) is 0 Å². The Hall–Kier alpha value is -1.35. The molecule has 128 valence electrons. The summed E-state index contributed by atoms with van der Waals surface area (Å²) in [7, 11) is 0. The molecule has 1 aliphatic rings. The van der Waals surface area contributed by atoms with E-state index in [1.807, 2.05) is 12.1 Å². The minimum Gasteiger partial charge on any atom is -0.204 e. The zero-order valence-corrected chi connectivity index (χ0v) is 15.1. The topological polar surface area (TPSA) is 0 Å². The molecule has 0 radical (unpaired) electrons. The zero-order valence-electron chi connectivity index (χ0n) is 14.3. The molecule has 3 heteroatoms. The van der Waals surface area contributed by atoms with Crippen molar-refractivity contribution in [2.24, 2.45) is 5.92 Å². The van der Waals surface area contributed by atoms with Crippen molar-refractivity contribution in [1.82, 2.24) is 0 Å². The van der Waals surface area contributed by atoms with Crippen LogP contribution in [0.15, 0.2) is 41.3 Å². The molecule has 0 amide bonds. The van der Waals surface area contributed by atoms with Crippen molar-refractivity contribution >= 4 is 11.8 Å². The van der Waals surface area contributed by atoms with E-state index in [0.717, 1.165) is 31.2 Å². The van der Waals surface area contributed by atoms with Gasteiger partial charge in [0.2, 0.25) is 0 Å². The summed E-state index contributed by atoms with van der Waals surface area (Å²) in [5.41, 5.74) is 2.82. The lowest BCUT2D eigenvalue weighted by molar-refractivity contribution is 0.390. The molecule has 24 heavy (non-hydrogen) atoms. The molecule has 1 aliphatic heterocycles. The van der Waals surface area contributed by atoms with Crippen molar-refractivity contribution in [3.8, 4) is 0 Å². The Morgan fingerprint density at radius 1 is 1.00 bits per heavy atom. The summed E-state index contributed by atoms with van der Waals surface area (Å²) in [6.07, 6.45) is 4.43. The smallest absolute Gasteiger partial charge is 0.163 e. The Kier molecular flexibility index (Phi) is 5.60. The molecule has 0 nitrogen and oxygen atoms in total. The van der Waals surface area contributed by atoms with E-state index in [4.69, 9.17) is 0 Å². The fraction of sp³-hybridized carbons (Fsp3) is 0.429. The van der Waals surface area contributed by atoms with Gasteiger partial charge in [-0.15, -0.1) is 11.8 Å². The van der Waals surface area contributed by atoms with Crippen LogP contribution in [0, 0.1) is 17.6 Å². The Morgan fingerprint density at radius 3 is 2.42 bits per heavy atom. The van der Waals surface area contributed by atoms with Crippen molar-refractivity contribution in [2.75, 3.05) is 0 Å². The van der Waals surface area contributed by atoms with Crippen LogP contribution in [0.25, 0.3) is 0 Å². The number of hydrogen-bond donors (Lipinski definition) is 0. The zero-order chi connectivity index (χ0) is 17.1. The van der Waals surface area contributed by atoms with E-state index in [2.05, 4.69) is 32.0 Å². The number of thioether (sulfide) groups is 1. The van der Waals surface area contributed by atoms with Gasteiger partial charge in [-0.05, 0) is 42.0 Å². The van der Waals surface area contributed by atoms with Crippen molar-refractivity contribution in [3.05, 3.63) is 64.7 Å². The van der Waals surface area contributed by atoms with Gasteiger partial charge in [0.1, 0.15) is 0 Å². The third-order valence-electron chi connectivity index (χ3n) is 4.98. The van der Waals surface area contributed by atoms with Crippen LogP contribution >= 0.6 is 11.8 Å². The highest BCUT2D eigenvalue weighted by atomic mass is 32.2. The van der Waals surface area contributed by atoms with Gasteiger partial charge in [-0.2, -0.15) is 0 Å². The molecule has 3 rings (SSSR count). The molecule has 0 saturated heterocycles. The Labute approximate surface area is 147 Å². The van der Waals surface area contributed by atoms with Gasteiger partial charge in [0, 0.05) is 22.1 Å². The maximum atomic E-state index is 14.5. The van der Waals surface area contributed by atoms with E-state index < -0.39 is 11.6 Å². The largest absolute Gasteiger partial charge is 0.204 e. The summed E-state index contributed by atoms with van der Waals surface area (Å²) in [5.74, 6) is -0.284. The first-order valence-electron chi connectivity index (χ1n) is 8.85.